The fourth-order valence-corrected chi connectivity index (χ4v) is 3.62. The molecule has 1 aliphatic carbocycles. The Kier molecular flexibility index (Phi) is 3.11. The summed E-state index contributed by atoms with van der Waals surface area (Å²) in [5.74, 6) is 1.55. The smallest absolute Gasteiger partial charge is 0.158 e. The second-order valence-electron chi connectivity index (χ2n) is 7.68. The van der Waals surface area contributed by atoms with Gasteiger partial charge >= 0.3 is 0 Å². The standard InChI is InChI=1S/C16H23N5O/c1-16(2,3)14-7-12(22-19-14)8-21-9-13(18-20-21)15-10-4-5-11(6-10)17-15/h7,9-11,15,17H,4-6,8H2,1-3H3/t10-,11+,15-/m0/s1. The van der Waals surface area contributed by atoms with Gasteiger partial charge in [-0.15, -0.1) is 5.10 Å². The van der Waals surface area contributed by atoms with Crippen LogP contribution >= 0.6 is 0 Å². The lowest BCUT2D eigenvalue weighted by Gasteiger charge is -2.20. The Morgan fingerprint density at radius 2 is 2.23 bits per heavy atom. The summed E-state index contributed by atoms with van der Waals surface area (Å²) >= 11 is 0. The summed E-state index contributed by atoms with van der Waals surface area (Å²) in [6.45, 7) is 6.96. The van der Waals surface area contributed by atoms with Crippen LogP contribution in [-0.2, 0) is 12.0 Å². The van der Waals surface area contributed by atoms with Gasteiger partial charge in [0.25, 0.3) is 0 Å². The van der Waals surface area contributed by atoms with Crippen molar-refractivity contribution in [3.63, 3.8) is 0 Å². The first kappa shape index (κ1) is 13.9. The van der Waals surface area contributed by atoms with Crippen molar-refractivity contribution in [1.29, 1.82) is 0 Å². The molecule has 1 saturated carbocycles. The summed E-state index contributed by atoms with van der Waals surface area (Å²) < 4.78 is 7.27. The molecule has 0 amide bonds. The number of nitrogens with zero attached hydrogens (tertiary/aromatic N) is 4. The van der Waals surface area contributed by atoms with Gasteiger partial charge in [-0.3, -0.25) is 0 Å². The van der Waals surface area contributed by atoms with Crippen molar-refractivity contribution in [2.45, 2.75) is 64.1 Å². The van der Waals surface area contributed by atoms with Crippen LogP contribution in [-0.4, -0.2) is 26.2 Å². The average Bonchev–Trinajstić information content (AvgIpc) is 3.22. The minimum atomic E-state index is 0.00226. The maximum atomic E-state index is 5.42. The van der Waals surface area contributed by atoms with Gasteiger partial charge in [0.2, 0.25) is 0 Å². The summed E-state index contributed by atoms with van der Waals surface area (Å²) in [5.41, 5.74) is 2.03. The second kappa shape index (κ2) is 4.91. The lowest BCUT2D eigenvalue weighted by atomic mass is 9.92. The molecule has 3 atom stereocenters. The van der Waals surface area contributed by atoms with Crippen molar-refractivity contribution in [3.8, 4) is 0 Å². The Morgan fingerprint density at radius 1 is 1.36 bits per heavy atom. The molecule has 2 aromatic heterocycles. The van der Waals surface area contributed by atoms with E-state index in [0.717, 1.165) is 23.1 Å². The molecule has 1 saturated heterocycles. The van der Waals surface area contributed by atoms with E-state index in [1.165, 1.54) is 19.3 Å². The molecule has 2 fully saturated rings. The zero-order chi connectivity index (χ0) is 15.3. The highest BCUT2D eigenvalue weighted by Gasteiger charge is 2.41. The Morgan fingerprint density at radius 3 is 2.86 bits per heavy atom. The zero-order valence-corrected chi connectivity index (χ0v) is 13.4. The van der Waals surface area contributed by atoms with Crippen molar-refractivity contribution in [3.05, 3.63) is 29.4 Å². The molecule has 0 unspecified atom stereocenters. The summed E-state index contributed by atoms with van der Waals surface area (Å²) in [7, 11) is 0. The SMILES string of the molecule is CC(C)(C)c1cc(Cn2cc([C@H]3N[C@@H]4CC[C@H]3C4)nn2)on1. The molecule has 1 N–H and O–H groups in total. The van der Waals surface area contributed by atoms with Crippen LogP contribution < -0.4 is 5.32 Å². The van der Waals surface area contributed by atoms with Gasteiger partial charge < -0.3 is 9.84 Å². The topological polar surface area (TPSA) is 68.8 Å². The van der Waals surface area contributed by atoms with Crippen molar-refractivity contribution in [2.75, 3.05) is 0 Å². The van der Waals surface area contributed by atoms with Gasteiger partial charge in [-0.1, -0.05) is 31.1 Å². The molecule has 2 aliphatic rings. The third-order valence-electron chi connectivity index (χ3n) is 4.88. The van der Waals surface area contributed by atoms with Gasteiger partial charge in [-0.05, 0) is 25.2 Å². The van der Waals surface area contributed by atoms with Crippen molar-refractivity contribution in [1.82, 2.24) is 25.5 Å². The van der Waals surface area contributed by atoms with Crippen LogP contribution in [0, 0.1) is 5.92 Å². The van der Waals surface area contributed by atoms with Crippen LogP contribution in [0.5, 0.6) is 0 Å². The molecule has 118 valence electrons. The van der Waals surface area contributed by atoms with Crippen LogP contribution in [0.3, 0.4) is 0 Å². The van der Waals surface area contributed by atoms with E-state index in [4.69, 9.17) is 4.52 Å². The lowest BCUT2D eigenvalue weighted by Crippen LogP contribution is -2.28. The van der Waals surface area contributed by atoms with Crippen LogP contribution in [0.15, 0.2) is 16.8 Å². The van der Waals surface area contributed by atoms with Gasteiger partial charge in [0.15, 0.2) is 5.76 Å². The summed E-state index contributed by atoms with van der Waals surface area (Å²) in [6.07, 6.45) is 5.95. The summed E-state index contributed by atoms with van der Waals surface area (Å²) in [5, 5.41) is 16.4. The number of nitrogens with one attached hydrogen (secondary N) is 1. The first-order valence-corrected chi connectivity index (χ1v) is 8.11. The highest BCUT2D eigenvalue weighted by Crippen LogP contribution is 2.42. The Bertz CT molecular complexity index is 668. The van der Waals surface area contributed by atoms with Gasteiger partial charge in [0.05, 0.1) is 23.6 Å². The molecule has 0 aromatic carbocycles. The summed E-state index contributed by atoms with van der Waals surface area (Å²) in [6, 6.07) is 3.08. The van der Waals surface area contributed by atoms with E-state index in [0.29, 0.717) is 18.6 Å². The highest BCUT2D eigenvalue weighted by atomic mass is 16.5. The third-order valence-corrected chi connectivity index (χ3v) is 4.88. The first-order valence-electron chi connectivity index (χ1n) is 8.11. The Labute approximate surface area is 130 Å². The minimum absolute atomic E-state index is 0.00226. The largest absolute Gasteiger partial charge is 0.359 e. The van der Waals surface area contributed by atoms with Crippen LogP contribution in [0.2, 0.25) is 0 Å². The number of aromatic nitrogens is 4. The predicted molar refractivity (Wildman–Crippen MR) is 81.3 cm³/mol. The molecule has 3 heterocycles. The quantitative estimate of drug-likeness (QED) is 0.943. The van der Waals surface area contributed by atoms with Gasteiger partial charge in [0.1, 0.15) is 6.54 Å². The van der Waals surface area contributed by atoms with Gasteiger partial charge in [0, 0.05) is 17.5 Å². The van der Waals surface area contributed by atoms with E-state index in [-0.39, 0.29) is 5.41 Å². The van der Waals surface area contributed by atoms with Crippen LogP contribution in [0.25, 0.3) is 0 Å². The molecule has 4 rings (SSSR count). The molecule has 2 aromatic rings. The number of rotatable bonds is 3. The van der Waals surface area contributed by atoms with E-state index in [1.54, 1.807) is 0 Å². The van der Waals surface area contributed by atoms with E-state index < -0.39 is 0 Å². The van der Waals surface area contributed by atoms with E-state index in [9.17, 15) is 0 Å². The van der Waals surface area contributed by atoms with E-state index in [2.05, 4.69) is 41.6 Å². The number of fused-ring (bicyclic) bond motifs is 2. The van der Waals surface area contributed by atoms with Gasteiger partial charge in [-0.2, -0.15) is 0 Å². The Balaban J connectivity index is 1.47. The lowest BCUT2D eigenvalue weighted by molar-refractivity contribution is 0.354. The fourth-order valence-electron chi connectivity index (χ4n) is 3.62. The van der Waals surface area contributed by atoms with Crippen molar-refractivity contribution >= 4 is 0 Å². The molecule has 22 heavy (non-hydrogen) atoms. The zero-order valence-electron chi connectivity index (χ0n) is 13.4. The van der Waals surface area contributed by atoms with E-state index >= 15 is 0 Å². The minimum Gasteiger partial charge on any atom is -0.359 e. The van der Waals surface area contributed by atoms with E-state index in [1.807, 2.05) is 16.9 Å². The predicted octanol–water partition coefficient (Wildman–Crippen LogP) is 2.42. The van der Waals surface area contributed by atoms with Crippen molar-refractivity contribution in [2.24, 2.45) is 5.92 Å². The molecule has 6 heteroatoms. The molecular weight excluding hydrogens is 278 g/mol. The monoisotopic (exact) mass is 301 g/mol. The normalized spacial score (nSPS) is 27.7. The summed E-state index contributed by atoms with van der Waals surface area (Å²) in [4.78, 5) is 0. The molecule has 6 nitrogen and oxygen atoms in total. The van der Waals surface area contributed by atoms with Crippen LogP contribution in [0.1, 0.15) is 63.2 Å². The van der Waals surface area contributed by atoms with Gasteiger partial charge in [-0.25, -0.2) is 4.68 Å². The maximum Gasteiger partial charge on any atom is 0.158 e. The average molecular weight is 301 g/mol. The molecule has 0 spiro atoms. The molecular formula is C16H23N5O. The highest BCUT2D eigenvalue weighted by molar-refractivity contribution is 5.15. The number of hydrogen-bond donors (Lipinski definition) is 1. The number of hydrogen-bond acceptors (Lipinski definition) is 5. The van der Waals surface area contributed by atoms with Crippen LogP contribution in [0.4, 0.5) is 0 Å². The molecule has 2 bridgehead atoms. The Hall–Kier alpha value is -1.69. The molecule has 1 aliphatic heterocycles. The fraction of sp³-hybridized carbons (Fsp3) is 0.688. The molecule has 0 radical (unpaired) electrons. The first-order chi connectivity index (χ1) is 10.5. The maximum absolute atomic E-state index is 5.42. The third kappa shape index (κ3) is 2.45. The second-order valence-corrected chi connectivity index (χ2v) is 7.68. The van der Waals surface area contributed by atoms with Crippen molar-refractivity contribution < 1.29 is 4.52 Å². The number of piperidine rings is 1.